The zero-order valence-electron chi connectivity index (χ0n) is 15.0. The maximum atomic E-state index is 6.39. The van der Waals surface area contributed by atoms with Crippen LogP contribution in [-0.4, -0.2) is 24.0 Å². The lowest BCUT2D eigenvalue weighted by Crippen LogP contribution is -2.30. The summed E-state index contributed by atoms with van der Waals surface area (Å²) in [4.78, 5) is 10.1. The molecule has 2 aromatic rings. The summed E-state index contributed by atoms with van der Waals surface area (Å²) in [5.41, 5.74) is 5.21. The molecule has 0 aromatic heterocycles. The standard InChI is InChI=1S/C23H20N2O2/c1-3-7-15-13(5-1)11-17-19(15)24-21(26-17)23(9-10-23)22-25-20-16-8-4-2-6-14(16)12-18(20)27-22/h1-8,17-20H,9-12H2/t17-,18?,19?,20+/m1/s1. The highest BCUT2D eigenvalue weighted by molar-refractivity contribution is 6.09. The first-order chi connectivity index (χ1) is 13.3. The molecule has 0 spiro atoms. The molecule has 0 amide bonds. The zero-order valence-corrected chi connectivity index (χ0v) is 15.0. The Bertz CT molecular complexity index is 957. The predicted molar refractivity (Wildman–Crippen MR) is 102 cm³/mol. The van der Waals surface area contributed by atoms with Gasteiger partial charge in [0.25, 0.3) is 0 Å². The van der Waals surface area contributed by atoms with Crippen LogP contribution >= 0.6 is 0 Å². The van der Waals surface area contributed by atoms with E-state index in [1.807, 2.05) is 0 Å². The van der Waals surface area contributed by atoms with Crippen molar-refractivity contribution in [3.8, 4) is 0 Å². The van der Waals surface area contributed by atoms with Crippen LogP contribution in [0.15, 0.2) is 58.5 Å². The van der Waals surface area contributed by atoms with E-state index in [2.05, 4.69) is 48.5 Å². The van der Waals surface area contributed by atoms with Crippen molar-refractivity contribution in [1.29, 1.82) is 0 Å². The summed E-state index contributed by atoms with van der Waals surface area (Å²) in [5.74, 6) is 1.75. The number of hydrogen-bond acceptors (Lipinski definition) is 4. The summed E-state index contributed by atoms with van der Waals surface area (Å²) in [5, 5.41) is 0. The molecule has 2 heterocycles. The minimum atomic E-state index is -0.196. The first-order valence-corrected chi connectivity index (χ1v) is 9.97. The Balaban J connectivity index is 1.23. The molecule has 2 unspecified atom stereocenters. The molecule has 4 heteroatoms. The fourth-order valence-corrected chi connectivity index (χ4v) is 5.31. The molecule has 134 valence electrons. The lowest BCUT2D eigenvalue weighted by atomic mass is 10.1. The summed E-state index contributed by atoms with van der Waals surface area (Å²) >= 11 is 0. The third-order valence-electron chi connectivity index (χ3n) is 6.90. The first-order valence-electron chi connectivity index (χ1n) is 9.97. The van der Waals surface area contributed by atoms with Gasteiger partial charge in [-0.3, -0.25) is 0 Å². The van der Waals surface area contributed by atoms with Crippen LogP contribution in [0.5, 0.6) is 0 Å². The maximum absolute atomic E-state index is 6.39. The number of ether oxygens (including phenoxy) is 2. The Kier molecular flexibility index (Phi) is 2.57. The largest absolute Gasteiger partial charge is 0.474 e. The topological polar surface area (TPSA) is 43.2 Å². The van der Waals surface area contributed by atoms with Crippen molar-refractivity contribution < 1.29 is 9.47 Å². The lowest BCUT2D eigenvalue weighted by Gasteiger charge is -2.18. The normalized spacial score (nSPS) is 33.2. The van der Waals surface area contributed by atoms with Gasteiger partial charge in [0.2, 0.25) is 0 Å². The molecule has 0 saturated heterocycles. The zero-order chi connectivity index (χ0) is 17.6. The number of aliphatic imine (C=N–C) groups is 2. The van der Waals surface area contributed by atoms with Gasteiger partial charge in [-0.15, -0.1) is 0 Å². The summed E-state index contributed by atoms with van der Waals surface area (Å²) < 4.78 is 12.8. The Hall–Kier alpha value is -2.62. The fourth-order valence-electron chi connectivity index (χ4n) is 5.31. The second-order valence-electron chi connectivity index (χ2n) is 8.46. The number of nitrogens with zero attached hydrogens (tertiary/aromatic N) is 2. The van der Waals surface area contributed by atoms with E-state index in [1.54, 1.807) is 0 Å². The van der Waals surface area contributed by atoms with E-state index >= 15 is 0 Å². The van der Waals surface area contributed by atoms with Crippen molar-refractivity contribution in [2.24, 2.45) is 15.4 Å². The minimum Gasteiger partial charge on any atom is -0.474 e. The van der Waals surface area contributed by atoms with Crippen LogP contribution < -0.4 is 0 Å². The molecular weight excluding hydrogens is 336 g/mol. The van der Waals surface area contributed by atoms with Gasteiger partial charge in [-0.2, -0.15) is 0 Å². The Labute approximate surface area is 157 Å². The fraction of sp³-hybridized carbons (Fsp3) is 0.391. The van der Waals surface area contributed by atoms with E-state index in [0.717, 1.165) is 37.5 Å². The second-order valence-corrected chi connectivity index (χ2v) is 8.46. The van der Waals surface area contributed by atoms with Crippen LogP contribution in [0.1, 0.15) is 47.2 Å². The van der Waals surface area contributed by atoms with Crippen LogP contribution in [0.25, 0.3) is 0 Å². The van der Waals surface area contributed by atoms with E-state index in [1.165, 1.54) is 22.3 Å². The number of fused-ring (bicyclic) bond motifs is 6. The highest BCUT2D eigenvalue weighted by Gasteiger charge is 2.61. The van der Waals surface area contributed by atoms with Crippen molar-refractivity contribution >= 4 is 11.8 Å². The van der Waals surface area contributed by atoms with Gasteiger partial charge in [0.1, 0.15) is 29.7 Å². The molecule has 2 aliphatic heterocycles. The van der Waals surface area contributed by atoms with Gasteiger partial charge in [-0.05, 0) is 35.1 Å². The summed E-state index contributed by atoms with van der Waals surface area (Å²) in [6, 6.07) is 17.5. The van der Waals surface area contributed by atoms with Crippen molar-refractivity contribution in [1.82, 2.24) is 0 Å². The summed E-state index contributed by atoms with van der Waals surface area (Å²) in [7, 11) is 0. The average Bonchev–Trinajstić information content (AvgIpc) is 2.99. The van der Waals surface area contributed by atoms with E-state index < -0.39 is 0 Å². The van der Waals surface area contributed by atoms with Gasteiger partial charge in [0.05, 0.1) is 0 Å². The molecule has 3 aliphatic carbocycles. The highest BCUT2D eigenvalue weighted by Crippen LogP contribution is 2.56. The molecule has 0 bridgehead atoms. The molecule has 0 radical (unpaired) electrons. The van der Waals surface area contributed by atoms with Crippen LogP contribution in [-0.2, 0) is 22.3 Å². The Morgan fingerprint density at radius 1 is 0.704 bits per heavy atom. The quantitative estimate of drug-likeness (QED) is 0.818. The third-order valence-corrected chi connectivity index (χ3v) is 6.90. The molecule has 4 atom stereocenters. The van der Waals surface area contributed by atoms with E-state index in [-0.39, 0.29) is 29.7 Å². The van der Waals surface area contributed by atoms with Crippen molar-refractivity contribution in [3.63, 3.8) is 0 Å². The predicted octanol–water partition coefficient (Wildman–Crippen LogP) is 3.96. The molecule has 2 aromatic carbocycles. The highest BCUT2D eigenvalue weighted by atomic mass is 16.5. The lowest BCUT2D eigenvalue weighted by molar-refractivity contribution is 0.179. The van der Waals surface area contributed by atoms with Gasteiger partial charge in [0.15, 0.2) is 11.8 Å². The molecule has 27 heavy (non-hydrogen) atoms. The number of benzene rings is 2. The first kappa shape index (κ1) is 14.4. The van der Waals surface area contributed by atoms with Crippen molar-refractivity contribution in [2.45, 2.75) is 50.0 Å². The van der Waals surface area contributed by atoms with Crippen molar-refractivity contribution in [3.05, 3.63) is 70.8 Å². The van der Waals surface area contributed by atoms with E-state index in [4.69, 9.17) is 19.5 Å². The Morgan fingerprint density at radius 3 is 1.67 bits per heavy atom. The van der Waals surface area contributed by atoms with Crippen LogP contribution in [0.4, 0.5) is 0 Å². The van der Waals surface area contributed by atoms with Gasteiger partial charge >= 0.3 is 0 Å². The smallest absolute Gasteiger partial charge is 0.200 e. The van der Waals surface area contributed by atoms with Crippen LogP contribution in [0.2, 0.25) is 0 Å². The summed E-state index contributed by atoms with van der Waals surface area (Å²) in [6.45, 7) is 0. The minimum absolute atomic E-state index is 0.149. The molecule has 5 aliphatic rings. The monoisotopic (exact) mass is 356 g/mol. The molecule has 1 saturated carbocycles. The molecule has 1 fully saturated rings. The number of rotatable bonds is 2. The van der Waals surface area contributed by atoms with Crippen molar-refractivity contribution in [2.75, 3.05) is 0 Å². The second kappa shape index (κ2) is 4.80. The molecule has 4 nitrogen and oxygen atoms in total. The molecule has 0 N–H and O–H groups in total. The molecular formula is C23H20N2O2. The SMILES string of the molecule is c1ccc2c(c1)C[C@H]1OC(C3(C4=N[C@H]5c6ccccc6CC5O4)CC3)=NC21. The van der Waals surface area contributed by atoms with Gasteiger partial charge in [-0.1, -0.05) is 48.5 Å². The van der Waals surface area contributed by atoms with Gasteiger partial charge in [0, 0.05) is 12.8 Å². The number of hydrogen-bond donors (Lipinski definition) is 0. The summed E-state index contributed by atoms with van der Waals surface area (Å²) in [6.07, 6.45) is 4.28. The van der Waals surface area contributed by atoms with E-state index in [0.29, 0.717) is 0 Å². The third kappa shape index (κ3) is 1.83. The van der Waals surface area contributed by atoms with E-state index in [9.17, 15) is 0 Å². The Morgan fingerprint density at radius 2 is 1.19 bits per heavy atom. The van der Waals surface area contributed by atoms with Gasteiger partial charge in [-0.25, -0.2) is 9.98 Å². The average molecular weight is 356 g/mol. The maximum Gasteiger partial charge on any atom is 0.200 e. The van der Waals surface area contributed by atoms with Crippen LogP contribution in [0.3, 0.4) is 0 Å². The molecule has 7 rings (SSSR count). The van der Waals surface area contributed by atoms with Gasteiger partial charge < -0.3 is 9.47 Å². The van der Waals surface area contributed by atoms with Crippen LogP contribution in [0, 0.1) is 5.41 Å².